The molecule has 2 rings (SSSR count). The molecule has 1 fully saturated rings. The van der Waals surface area contributed by atoms with Gasteiger partial charge in [-0.05, 0) is 30.8 Å². The smallest absolute Gasteiger partial charge is 0.183 e. The summed E-state index contributed by atoms with van der Waals surface area (Å²) in [5.41, 5.74) is 1.81. The Kier molecular flexibility index (Phi) is 4.40. The van der Waals surface area contributed by atoms with Gasteiger partial charge >= 0.3 is 0 Å². The van der Waals surface area contributed by atoms with E-state index in [0.29, 0.717) is 5.92 Å². The molecule has 0 amide bonds. The average molecular weight is 249 g/mol. The third kappa shape index (κ3) is 3.20. The Morgan fingerprint density at radius 2 is 1.94 bits per heavy atom. The van der Waals surface area contributed by atoms with E-state index < -0.39 is 0 Å². The van der Waals surface area contributed by atoms with Gasteiger partial charge in [-0.15, -0.1) is 0 Å². The number of isothiocyanates is 1. The SMILES string of the molecule is CC[C@H]1CO[C@H](c2ccc(N=C=S)cc2)OC1. The zero-order valence-corrected chi connectivity index (χ0v) is 10.6. The topological polar surface area (TPSA) is 30.8 Å². The quantitative estimate of drug-likeness (QED) is 0.607. The highest BCUT2D eigenvalue weighted by Crippen LogP contribution is 2.27. The van der Waals surface area contributed by atoms with Gasteiger partial charge in [-0.1, -0.05) is 19.1 Å². The molecule has 0 atom stereocenters. The summed E-state index contributed by atoms with van der Waals surface area (Å²) in [5, 5.41) is 2.34. The molecule has 0 N–H and O–H groups in total. The predicted molar refractivity (Wildman–Crippen MR) is 69.6 cm³/mol. The number of aliphatic imine (C=N–C) groups is 1. The predicted octanol–water partition coefficient (Wildman–Crippen LogP) is 3.49. The number of ether oxygens (including phenoxy) is 2. The van der Waals surface area contributed by atoms with E-state index in [1.54, 1.807) is 0 Å². The molecule has 1 aromatic rings. The molecule has 0 unspecified atom stereocenters. The fourth-order valence-electron chi connectivity index (χ4n) is 1.73. The molecule has 1 aromatic carbocycles. The van der Waals surface area contributed by atoms with Crippen LogP contribution >= 0.6 is 12.2 Å². The molecule has 90 valence electrons. The van der Waals surface area contributed by atoms with Crippen LogP contribution in [0.3, 0.4) is 0 Å². The standard InChI is InChI=1S/C13H15NO2S/c1-2-10-7-15-13(16-8-10)11-3-5-12(6-4-11)14-9-17/h3-6,10,13H,2,7-8H2,1H3/t10-,13-. The zero-order valence-electron chi connectivity index (χ0n) is 9.76. The van der Waals surface area contributed by atoms with E-state index in [9.17, 15) is 0 Å². The summed E-state index contributed by atoms with van der Waals surface area (Å²) in [7, 11) is 0. The highest BCUT2D eigenvalue weighted by atomic mass is 32.1. The monoisotopic (exact) mass is 249 g/mol. The minimum atomic E-state index is -0.247. The van der Waals surface area contributed by atoms with E-state index in [2.05, 4.69) is 29.3 Å². The molecule has 4 heteroatoms. The molecule has 1 heterocycles. The van der Waals surface area contributed by atoms with Crippen LogP contribution in [0.5, 0.6) is 0 Å². The van der Waals surface area contributed by atoms with Gasteiger partial charge in [0.1, 0.15) is 0 Å². The number of nitrogens with zero attached hydrogens (tertiary/aromatic N) is 1. The minimum absolute atomic E-state index is 0.247. The Hall–Kier alpha value is -1.06. The summed E-state index contributed by atoms with van der Waals surface area (Å²) < 4.78 is 11.4. The molecule has 1 saturated heterocycles. The molecule has 1 aliphatic heterocycles. The van der Waals surface area contributed by atoms with E-state index in [-0.39, 0.29) is 6.29 Å². The molecule has 0 bridgehead atoms. The second-order valence-corrected chi connectivity index (χ2v) is 4.25. The number of benzene rings is 1. The third-order valence-corrected chi connectivity index (χ3v) is 2.98. The lowest BCUT2D eigenvalue weighted by atomic mass is 10.1. The second kappa shape index (κ2) is 6.03. The number of rotatable bonds is 3. The van der Waals surface area contributed by atoms with Gasteiger partial charge in [0.15, 0.2) is 6.29 Å². The van der Waals surface area contributed by atoms with Crippen molar-refractivity contribution in [2.75, 3.05) is 13.2 Å². The lowest BCUT2D eigenvalue weighted by Crippen LogP contribution is -2.26. The van der Waals surface area contributed by atoms with Crippen LogP contribution in [-0.2, 0) is 9.47 Å². The van der Waals surface area contributed by atoms with Crippen molar-refractivity contribution in [3.8, 4) is 0 Å². The van der Waals surface area contributed by atoms with Crippen molar-refractivity contribution in [1.82, 2.24) is 0 Å². The number of hydrogen-bond donors (Lipinski definition) is 0. The normalized spacial score (nSPS) is 24.1. The van der Waals surface area contributed by atoms with Gasteiger partial charge in [-0.3, -0.25) is 0 Å². The van der Waals surface area contributed by atoms with E-state index in [1.807, 2.05) is 24.3 Å². The van der Waals surface area contributed by atoms with E-state index in [0.717, 1.165) is 30.9 Å². The van der Waals surface area contributed by atoms with Crippen LogP contribution in [0.2, 0.25) is 0 Å². The fourth-order valence-corrected chi connectivity index (χ4v) is 1.84. The van der Waals surface area contributed by atoms with Crippen LogP contribution in [0.4, 0.5) is 5.69 Å². The number of hydrogen-bond acceptors (Lipinski definition) is 4. The molecule has 1 aliphatic rings. The van der Waals surface area contributed by atoms with E-state index in [1.165, 1.54) is 0 Å². The largest absolute Gasteiger partial charge is 0.348 e. The van der Waals surface area contributed by atoms with Crippen LogP contribution < -0.4 is 0 Å². The van der Waals surface area contributed by atoms with E-state index in [4.69, 9.17) is 9.47 Å². The minimum Gasteiger partial charge on any atom is -0.348 e. The Morgan fingerprint density at radius 3 is 2.47 bits per heavy atom. The Morgan fingerprint density at radius 1 is 1.29 bits per heavy atom. The van der Waals surface area contributed by atoms with Gasteiger partial charge in [0, 0.05) is 11.5 Å². The van der Waals surface area contributed by atoms with Gasteiger partial charge in [0.2, 0.25) is 0 Å². The van der Waals surface area contributed by atoms with Crippen molar-refractivity contribution in [3.05, 3.63) is 29.8 Å². The van der Waals surface area contributed by atoms with E-state index >= 15 is 0 Å². The third-order valence-electron chi connectivity index (χ3n) is 2.88. The van der Waals surface area contributed by atoms with Crippen molar-refractivity contribution in [1.29, 1.82) is 0 Å². The molecule has 17 heavy (non-hydrogen) atoms. The summed E-state index contributed by atoms with van der Waals surface area (Å²) >= 11 is 4.55. The van der Waals surface area contributed by atoms with Gasteiger partial charge in [0.25, 0.3) is 0 Å². The summed E-state index contributed by atoms with van der Waals surface area (Å²) in [6.07, 6.45) is 0.845. The van der Waals surface area contributed by atoms with Gasteiger partial charge < -0.3 is 9.47 Å². The first-order valence-corrected chi connectivity index (χ1v) is 6.15. The van der Waals surface area contributed by atoms with Crippen LogP contribution in [0.15, 0.2) is 29.3 Å². The molecule has 0 saturated carbocycles. The lowest BCUT2D eigenvalue weighted by Gasteiger charge is -2.29. The average Bonchev–Trinajstić information content (AvgIpc) is 2.40. The van der Waals surface area contributed by atoms with Crippen molar-refractivity contribution < 1.29 is 9.47 Å². The van der Waals surface area contributed by atoms with Gasteiger partial charge in [-0.25, -0.2) is 0 Å². The Balaban J connectivity index is 2.01. The Labute approximate surface area is 106 Å². The Bertz CT molecular complexity index is 404. The molecular formula is C13H15NO2S. The zero-order chi connectivity index (χ0) is 12.1. The highest BCUT2D eigenvalue weighted by Gasteiger charge is 2.22. The number of thiocarbonyl (C=S) groups is 1. The van der Waals surface area contributed by atoms with Crippen molar-refractivity contribution in [3.63, 3.8) is 0 Å². The molecule has 0 aliphatic carbocycles. The van der Waals surface area contributed by atoms with Crippen LogP contribution in [0.1, 0.15) is 25.2 Å². The molecule has 0 spiro atoms. The maximum absolute atomic E-state index is 5.68. The van der Waals surface area contributed by atoms with Crippen LogP contribution in [0.25, 0.3) is 0 Å². The lowest BCUT2D eigenvalue weighted by molar-refractivity contribution is -0.205. The van der Waals surface area contributed by atoms with Gasteiger partial charge in [-0.2, -0.15) is 4.99 Å². The van der Waals surface area contributed by atoms with Crippen molar-refractivity contribution in [2.45, 2.75) is 19.6 Å². The fraction of sp³-hybridized carbons (Fsp3) is 0.462. The van der Waals surface area contributed by atoms with Crippen molar-refractivity contribution in [2.24, 2.45) is 10.9 Å². The first-order chi connectivity index (χ1) is 8.33. The molecule has 0 radical (unpaired) electrons. The van der Waals surface area contributed by atoms with Crippen LogP contribution in [-0.4, -0.2) is 18.4 Å². The highest BCUT2D eigenvalue weighted by molar-refractivity contribution is 7.78. The van der Waals surface area contributed by atoms with Crippen molar-refractivity contribution >= 4 is 23.1 Å². The molecular weight excluding hydrogens is 234 g/mol. The molecule has 0 aromatic heterocycles. The van der Waals surface area contributed by atoms with Crippen LogP contribution in [0, 0.1) is 5.92 Å². The summed E-state index contributed by atoms with van der Waals surface area (Å²) in [5.74, 6) is 0.518. The first-order valence-electron chi connectivity index (χ1n) is 5.74. The summed E-state index contributed by atoms with van der Waals surface area (Å²) in [4.78, 5) is 3.90. The second-order valence-electron chi connectivity index (χ2n) is 4.07. The maximum Gasteiger partial charge on any atom is 0.183 e. The summed E-state index contributed by atoms with van der Waals surface area (Å²) in [6.45, 7) is 3.68. The molecule has 3 nitrogen and oxygen atoms in total. The maximum atomic E-state index is 5.68. The first kappa shape index (κ1) is 12.4. The van der Waals surface area contributed by atoms with Gasteiger partial charge in [0.05, 0.1) is 24.1 Å². The summed E-state index contributed by atoms with van der Waals surface area (Å²) in [6, 6.07) is 7.66.